The third kappa shape index (κ3) is 1.87. The summed E-state index contributed by atoms with van der Waals surface area (Å²) in [5.41, 5.74) is 8.92. The van der Waals surface area contributed by atoms with Gasteiger partial charge >= 0.3 is 0 Å². The van der Waals surface area contributed by atoms with E-state index >= 15 is 0 Å². The van der Waals surface area contributed by atoms with Gasteiger partial charge in [0.05, 0.1) is 5.69 Å². The molecule has 0 bridgehead atoms. The monoisotopic (exact) mass is 289 g/mol. The standard InChI is InChI=1S/C18H15N3O/c1-11-6-5-7-12(2)16(11)21-17(20)15(10-19)13-8-3-4-9-14(13)18(21)22/h3-9H,20H2,1-2H3. The lowest BCUT2D eigenvalue weighted by atomic mass is 10.0. The molecule has 4 nitrogen and oxygen atoms in total. The Kier molecular flexibility index (Phi) is 3.19. The fourth-order valence-corrected chi connectivity index (χ4v) is 2.87. The molecule has 4 heteroatoms. The molecular weight excluding hydrogens is 274 g/mol. The molecule has 22 heavy (non-hydrogen) atoms. The molecule has 0 aliphatic rings. The maximum atomic E-state index is 12.9. The Labute approximate surface area is 128 Å². The summed E-state index contributed by atoms with van der Waals surface area (Å²) in [6.45, 7) is 3.85. The van der Waals surface area contributed by atoms with Gasteiger partial charge in [-0.3, -0.25) is 9.36 Å². The third-order valence-corrected chi connectivity index (χ3v) is 3.90. The van der Waals surface area contributed by atoms with E-state index < -0.39 is 0 Å². The van der Waals surface area contributed by atoms with E-state index in [9.17, 15) is 10.1 Å². The van der Waals surface area contributed by atoms with Gasteiger partial charge in [-0.1, -0.05) is 36.4 Å². The van der Waals surface area contributed by atoms with Crippen molar-refractivity contribution < 1.29 is 0 Å². The first-order chi connectivity index (χ1) is 10.6. The summed E-state index contributed by atoms with van der Waals surface area (Å²) in [6.07, 6.45) is 0. The number of hydrogen-bond donors (Lipinski definition) is 1. The molecule has 0 atom stereocenters. The quantitative estimate of drug-likeness (QED) is 0.748. The first kappa shape index (κ1) is 13.9. The molecule has 3 aromatic rings. The maximum Gasteiger partial charge on any atom is 0.264 e. The second-order valence-corrected chi connectivity index (χ2v) is 5.30. The highest BCUT2D eigenvalue weighted by atomic mass is 16.1. The van der Waals surface area contributed by atoms with Gasteiger partial charge < -0.3 is 5.73 Å². The molecule has 1 heterocycles. The molecule has 0 unspecified atom stereocenters. The first-order valence-corrected chi connectivity index (χ1v) is 6.96. The van der Waals surface area contributed by atoms with E-state index in [-0.39, 0.29) is 11.4 Å². The Morgan fingerprint density at radius 2 is 1.59 bits per heavy atom. The van der Waals surface area contributed by atoms with Crippen molar-refractivity contribution in [3.8, 4) is 11.8 Å². The Bertz CT molecular complexity index is 973. The number of aromatic nitrogens is 1. The minimum atomic E-state index is -0.204. The van der Waals surface area contributed by atoms with Gasteiger partial charge in [-0.2, -0.15) is 5.26 Å². The van der Waals surface area contributed by atoms with Crippen LogP contribution in [0.2, 0.25) is 0 Å². The second-order valence-electron chi connectivity index (χ2n) is 5.30. The second kappa shape index (κ2) is 5.05. The van der Waals surface area contributed by atoms with E-state index in [2.05, 4.69) is 6.07 Å². The fourth-order valence-electron chi connectivity index (χ4n) is 2.87. The molecule has 0 fully saturated rings. The topological polar surface area (TPSA) is 71.8 Å². The van der Waals surface area contributed by atoms with E-state index in [1.54, 1.807) is 24.3 Å². The number of pyridine rings is 1. The van der Waals surface area contributed by atoms with Gasteiger partial charge in [-0.15, -0.1) is 0 Å². The van der Waals surface area contributed by atoms with Crippen molar-refractivity contribution in [3.63, 3.8) is 0 Å². The van der Waals surface area contributed by atoms with Crippen LogP contribution in [0.3, 0.4) is 0 Å². The van der Waals surface area contributed by atoms with Gasteiger partial charge in [-0.25, -0.2) is 0 Å². The first-order valence-electron chi connectivity index (χ1n) is 6.96. The van der Waals surface area contributed by atoms with Crippen LogP contribution in [0, 0.1) is 25.2 Å². The number of aryl methyl sites for hydroxylation is 2. The molecule has 0 spiro atoms. The summed E-state index contributed by atoms with van der Waals surface area (Å²) in [5, 5.41) is 10.6. The van der Waals surface area contributed by atoms with Crippen LogP contribution in [0.25, 0.3) is 16.5 Å². The maximum absolute atomic E-state index is 12.9. The Morgan fingerprint density at radius 1 is 1.00 bits per heavy atom. The molecule has 2 N–H and O–H groups in total. The zero-order chi connectivity index (χ0) is 15.9. The van der Waals surface area contributed by atoms with Crippen molar-refractivity contribution in [1.29, 1.82) is 5.26 Å². The molecule has 0 amide bonds. The lowest BCUT2D eigenvalue weighted by molar-refractivity contribution is 0.990. The number of nitriles is 1. The van der Waals surface area contributed by atoms with Crippen LogP contribution in [0.5, 0.6) is 0 Å². The number of nitrogens with two attached hydrogens (primary N) is 1. The highest BCUT2D eigenvalue weighted by Crippen LogP contribution is 2.26. The molecule has 2 aromatic carbocycles. The number of fused-ring (bicyclic) bond motifs is 1. The van der Waals surface area contributed by atoms with Gasteiger partial charge in [-0.05, 0) is 31.0 Å². The average molecular weight is 289 g/mol. The van der Waals surface area contributed by atoms with Crippen molar-refractivity contribution in [2.24, 2.45) is 0 Å². The number of benzene rings is 2. The van der Waals surface area contributed by atoms with Crippen LogP contribution in [0.4, 0.5) is 5.82 Å². The van der Waals surface area contributed by atoms with E-state index in [0.717, 1.165) is 16.8 Å². The smallest absolute Gasteiger partial charge is 0.264 e. The van der Waals surface area contributed by atoms with Crippen LogP contribution in [0.1, 0.15) is 16.7 Å². The number of anilines is 1. The number of rotatable bonds is 1. The van der Waals surface area contributed by atoms with E-state index in [1.807, 2.05) is 32.0 Å². The zero-order valence-electron chi connectivity index (χ0n) is 12.4. The Morgan fingerprint density at radius 3 is 2.18 bits per heavy atom. The molecule has 0 saturated carbocycles. The van der Waals surface area contributed by atoms with Crippen LogP contribution in [0.15, 0.2) is 47.3 Å². The minimum absolute atomic E-state index is 0.184. The van der Waals surface area contributed by atoms with Crippen LogP contribution in [-0.4, -0.2) is 4.57 Å². The van der Waals surface area contributed by atoms with Crippen LogP contribution < -0.4 is 11.3 Å². The Balaban J connectivity index is 2.57. The molecule has 1 aromatic heterocycles. The van der Waals surface area contributed by atoms with E-state index in [4.69, 9.17) is 5.73 Å². The van der Waals surface area contributed by atoms with Gasteiger partial charge in [0.1, 0.15) is 17.5 Å². The highest BCUT2D eigenvalue weighted by Gasteiger charge is 2.17. The summed E-state index contributed by atoms with van der Waals surface area (Å²) in [4.78, 5) is 12.9. The number of nitrogens with zero attached hydrogens (tertiary/aromatic N) is 2. The van der Waals surface area contributed by atoms with Crippen molar-refractivity contribution >= 4 is 16.6 Å². The fraction of sp³-hybridized carbons (Fsp3) is 0.111. The molecule has 3 rings (SSSR count). The molecule has 108 valence electrons. The molecular formula is C18H15N3O. The summed E-state index contributed by atoms with van der Waals surface area (Å²) in [6, 6.07) is 15.0. The number of hydrogen-bond acceptors (Lipinski definition) is 3. The molecule has 0 aliphatic carbocycles. The average Bonchev–Trinajstić information content (AvgIpc) is 2.51. The van der Waals surface area contributed by atoms with Gasteiger partial charge in [0, 0.05) is 10.8 Å². The minimum Gasteiger partial charge on any atom is -0.384 e. The predicted octanol–water partition coefficient (Wildman–Crippen LogP) is 3.06. The van der Waals surface area contributed by atoms with Crippen LogP contribution >= 0.6 is 0 Å². The van der Waals surface area contributed by atoms with E-state index in [0.29, 0.717) is 16.3 Å². The summed E-state index contributed by atoms with van der Waals surface area (Å²) >= 11 is 0. The summed E-state index contributed by atoms with van der Waals surface area (Å²) in [7, 11) is 0. The molecule has 0 radical (unpaired) electrons. The SMILES string of the molecule is Cc1cccc(C)c1-n1c(N)c(C#N)c2ccccc2c1=O. The third-order valence-electron chi connectivity index (χ3n) is 3.90. The largest absolute Gasteiger partial charge is 0.384 e. The molecule has 0 aliphatic heterocycles. The Hall–Kier alpha value is -3.06. The lowest BCUT2D eigenvalue weighted by Crippen LogP contribution is -2.24. The van der Waals surface area contributed by atoms with Gasteiger partial charge in [0.15, 0.2) is 0 Å². The predicted molar refractivity (Wildman–Crippen MR) is 88.1 cm³/mol. The van der Waals surface area contributed by atoms with Gasteiger partial charge in [0.25, 0.3) is 5.56 Å². The van der Waals surface area contributed by atoms with Crippen LogP contribution in [-0.2, 0) is 0 Å². The van der Waals surface area contributed by atoms with Crippen molar-refractivity contribution in [2.45, 2.75) is 13.8 Å². The summed E-state index contributed by atoms with van der Waals surface area (Å²) < 4.78 is 1.45. The van der Waals surface area contributed by atoms with Gasteiger partial charge in [0.2, 0.25) is 0 Å². The zero-order valence-corrected chi connectivity index (χ0v) is 12.4. The normalized spacial score (nSPS) is 10.6. The summed E-state index contributed by atoms with van der Waals surface area (Å²) in [5.74, 6) is 0.184. The number of nitrogen functional groups attached to an aromatic ring is 1. The lowest BCUT2D eigenvalue weighted by Gasteiger charge is -2.17. The van der Waals surface area contributed by atoms with Crippen molar-refractivity contribution in [3.05, 3.63) is 69.5 Å². The van der Waals surface area contributed by atoms with Crippen molar-refractivity contribution in [1.82, 2.24) is 4.57 Å². The van der Waals surface area contributed by atoms with E-state index in [1.165, 1.54) is 4.57 Å². The highest BCUT2D eigenvalue weighted by molar-refractivity contribution is 5.91. The number of para-hydroxylation sites is 1. The molecule has 0 saturated heterocycles. The van der Waals surface area contributed by atoms with Crippen molar-refractivity contribution in [2.75, 3.05) is 5.73 Å².